The predicted molar refractivity (Wildman–Crippen MR) is 55.4 cm³/mol. The molecule has 5 nitrogen and oxygen atoms in total. The highest BCUT2D eigenvalue weighted by Crippen LogP contribution is 2.54. The highest BCUT2D eigenvalue weighted by Gasteiger charge is 2.59. The van der Waals surface area contributed by atoms with Crippen LogP contribution in [0.1, 0.15) is 38.0 Å². The Morgan fingerprint density at radius 2 is 2.31 bits per heavy atom. The number of fused-ring (bicyclic) bond motifs is 2. The second-order valence-corrected chi connectivity index (χ2v) is 5.07. The number of carbonyl (C=O) groups is 1. The fourth-order valence-electron chi connectivity index (χ4n) is 3.30. The summed E-state index contributed by atoms with van der Waals surface area (Å²) in [6.45, 7) is 3.99. The van der Waals surface area contributed by atoms with Gasteiger partial charge in [0, 0.05) is 19.4 Å². The first kappa shape index (κ1) is 9.81. The summed E-state index contributed by atoms with van der Waals surface area (Å²) >= 11 is 0. The third-order valence-corrected chi connectivity index (χ3v) is 3.86. The van der Waals surface area contributed by atoms with Crippen molar-refractivity contribution in [3.63, 3.8) is 0 Å². The SMILES string of the molecule is Cc1nnc(C23CC(C)CC(C2)N3C=O)o1. The van der Waals surface area contributed by atoms with Gasteiger partial charge in [-0.15, -0.1) is 10.2 Å². The number of hydrogen-bond donors (Lipinski definition) is 0. The molecule has 4 rings (SSSR count). The maximum atomic E-state index is 11.1. The van der Waals surface area contributed by atoms with Crippen molar-refractivity contribution < 1.29 is 9.21 Å². The second-order valence-electron chi connectivity index (χ2n) is 5.07. The van der Waals surface area contributed by atoms with E-state index >= 15 is 0 Å². The molecule has 5 heteroatoms. The Bertz CT molecular complexity index is 431. The van der Waals surface area contributed by atoms with Crippen LogP contribution < -0.4 is 0 Å². The molecule has 3 aliphatic rings. The summed E-state index contributed by atoms with van der Waals surface area (Å²) in [5, 5.41) is 7.96. The third kappa shape index (κ3) is 1.08. The molecule has 2 bridgehead atoms. The number of hydrogen-bond acceptors (Lipinski definition) is 4. The van der Waals surface area contributed by atoms with Crippen LogP contribution in [0.4, 0.5) is 0 Å². The first-order valence-corrected chi connectivity index (χ1v) is 5.70. The zero-order valence-electron chi connectivity index (χ0n) is 9.51. The smallest absolute Gasteiger partial charge is 0.242 e. The zero-order chi connectivity index (χ0) is 11.3. The van der Waals surface area contributed by atoms with E-state index in [-0.39, 0.29) is 5.54 Å². The molecule has 1 aliphatic carbocycles. The molecule has 0 aromatic carbocycles. The molecule has 1 aromatic heterocycles. The van der Waals surface area contributed by atoms with Crippen LogP contribution in [0, 0.1) is 12.8 Å². The van der Waals surface area contributed by atoms with E-state index in [2.05, 4.69) is 17.1 Å². The largest absolute Gasteiger partial charge is 0.423 e. The second kappa shape index (κ2) is 3.06. The maximum absolute atomic E-state index is 11.1. The summed E-state index contributed by atoms with van der Waals surface area (Å²) in [5.41, 5.74) is -0.300. The van der Waals surface area contributed by atoms with Gasteiger partial charge in [-0.25, -0.2) is 0 Å². The Hall–Kier alpha value is -1.39. The fraction of sp³-hybridized carbons (Fsp3) is 0.727. The number of nitrogens with zero attached hydrogens (tertiary/aromatic N) is 3. The molecular weight excluding hydrogens is 206 g/mol. The molecule has 1 saturated carbocycles. The Labute approximate surface area is 93.8 Å². The molecule has 0 radical (unpaired) electrons. The van der Waals surface area contributed by atoms with Gasteiger partial charge in [0.25, 0.3) is 0 Å². The van der Waals surface area contributed by atoms with Crippen molar-refractivity contribution in [2.75, 3.05) is 0 Å². The first-order chi connectivity index (χ1) is 7.65. The van der Waals surface area contributed by atoms with Crippen molar-refractivity contribution in [1.29, 1.82) is 0 Å². The number of amides is 1. The van der Waals surface area contributed by atoms with Gasteiger partial charge in [-0.1, -0.05) is 6.92 Å². The van der Waals surface area contributed by atoms with Crippen LogP contribution in [-0.4, -0.2) is 27.5 Å². The lowest BCUT2D eigenvalue weighted by molar-refractivity contribution is -0.165. The van der Waals surface area contributed by atoms with Gasteiger partial charge in [0.2, 0.25) is 18.2 Å². The van der Waals surface area contributed by atoms with Crippen molar-refractivity contribution in [3.8, 4) is 0 Å². The molecule has 1 amide bonds. The van der Waals surface area contributed by atoms with Crippen molar-refractivity contribution >= 4 is 6.41 Å². The van der Waals surface area contributed by atoms with E-state index < -0.39 is 0 Å². The summed E-state index contributed by atoms with van der Waals surface area (Å²) in [6, 6.07) is 0.369. The minimum atomic E-state index is -0.300. The fourth-order valence-corrected chi connectivity index (χ4v) is 3.30. The van der Waals surface area contributed by atoms with Crippen LogP contribution in [0.2, 0.25) is 0 Å². The summed E-state index contributed by atoms with van der Waals surface area (Å²) < 4.78 is 5.52. The maximum Gasteiger partial charge on any atom is 0.242 e. The van der Waals surface area contributed by atoms with Crippen LogP contribution in [0.3, 0.4) is 0 Å². The van der Waals surface area contributed by atoms with Crippen LogP contribution in [0.25, 0.3) is 0 Å². The van der Waals surface area contributed by atoms with E-state index in [0.717, 1.165) is 25.7 Å². The zero-order valence-corrected chi connectivity index (χ0v) is 9.51. The number of piperidine rings is 1. The van der Waals surface area contributed by atoms with E-state index in [0.29, 0.717) is 23.7 Å². The van der Waals surface area contributed by atoms with Gasteiger partial charge in [-0.2, -0.15) is 0 Å². The average molecular weight is 221 g/mol. The topological polar surface area (TPSA) is 59.2 Å². The van der Waals surface area contributed by atoms with Crippen LogP contribution in [-0.2, 0) is 10.3 Å². The Kier molecular flexibility index (Phi) is 1.87. The van der Waals surface area contributed by atoms with Gasteiger partial charge in [0.05, 0.1) is 0 Å². The monoisotopic (exact) mass is 221 g/mol. The third-order valence-electron chi connectivity index (χ3n) is 3.86. The van der Waals surface area contributed by atoms with Crippen LogP contribution in [0.5, 0.6) is 0 Å². The molecule has 86 valence electrons. The highest BCUT2D eigenvalue weighted by atomic mass is 16.4. The molecule has 3 fully saturated rings. The standard InChI is InChI=1S/C11H15N3O2/c1-7-3-9-5-11(4-7,14(9)6-15)10-13-12-8(2)16-10/h6-7,9H,3-5H2,1-2H3. The van der Waals surface area contributed by atoms with Crippen LogP contribution >= 0.6 is 0 Å². The first-order valence-electron chi connectivity index (χ1n) is 5.70. The van der Waals surface area contributed by atoms with Gasteiger partial charge >= 0.3 is 0 Å². The Balaban J connectivity index is 1.99. The van der Waals surface area contributed by atoms with Gasteiger partial charge in [-0.05, 0) is 18.8 Å². The molecule has 16 heavy (non-hydrogen) atoms. The van der Waals surface area contributed by atoms with E-state index in [1.165, 1.54) is 0 Å². The van der Waals surface area contributed by atoms with Crippen molar-refractivity contribution in [2.45, 2.75) is 44.7 Å². The van der Waals surface area contributed by atoms with Gasteiger partial charge in [-0.3, -0.25) is 4.79 Å². The molecular formula is C11H15N3O2. The summed E-state index contributed by atoms with van der Waals surface area (Å²) in [5.74, 6) is 1.79. The lowest BCUT2D eigenvalue weighted by atomic mass is 9.64. The lowest BCUT2D eigenvalue weighted by Crippen LogP contribution is -2.67. The minimum Gasteiger partial charge on any atom is -0.423 e. The number of aromatic nitrogens is 2. The number of aryl methyl sites for hydroxylation is 1. The van der Waals surface area contributed by atoms with Crippen molar-refractivity contribution in [3.05, 3.63) is 11.8 Å². The Morgan fingerprint density at radius 1 is 1.50 bits per heavy atom. The van der Waals surface area contributed by atoms with Gasteiger partial charge < -0.3 is 9.32 Å². The molecule has 3 unspecified atom stereocenters. The predicted octanol–water partition coefficient (Wildman–Crippen LogP) is 1.23. The quantitative estimate of drug-likeness (QED) is 0.705. The molecule has 2 saturated heterocycles. The molecule has 0 spiro atoms. The normalized spacial score (nSPS) is 37.0. The number of carbonyl (C=O) groups excluding carboxylic acids is 1. The highest BCUT2D eigenvalue weighted by molar-refractivity contribution is 5.53. The van der Waals surface area contributed by atoms with Gasteiger partial charge in [0.15, 0.2) is 0 Å². The molecule has 0 N–H and O–H groups in total. The molecule has 3 atom stereocenters. The molecule has 1 aromatic rings. The lowest BCUT2D eigenvalue weighted by Gasteiger charge is -2.60. The Morgan fingerprint density at radius 3 is 2.94 bits per heavy atom. The van der Waals surface area contributed by atoms with Crippen molar-refractivity contribution in [2.24, 2.45) is 5.92 Å². The minimum absolute atomic E-state index is 0.300. The van der Waals surface area contributed by atoms with Gasteiger partial charge in [0.1, 0.15) is 5.54 Å². The summed E-state index contributed by atoms with van der Waals surface area (Å²) in [6.07, 6.45) is 3.93. The van der Waals surface area contributed by atoms with Crippen molar-refractivity contribution in [1.82, 2.24) is 15.1 Å². The van der Waals surface area contributed by atoms with E-state index in [4.69, 9.17) is 4.42 Å². The number of rotatable bonds is 2. The summed E-state index contributed by atoms with van der Waals surface area (Å²) in [7, 11) is 0. The van der Waals surface area contributed by atoms with E-state index in [1.54, 1.807) is 6.92 Å². The van der Waals surface area contributed by atoms with E-state index in [9.17, 15) is 4.79 Å². The average Bonchev–Trinajstić information content (AvgIpc) is 2.64. The summed E-state index contributed by atoms with van der Waals surface area (Å²) in [4.78, 5) is 13.0. The molecule has 2 aliphatic heterocycles. The molecule has 3 heterocycles. The van der Waals surface area contributed by atoms with E-state index in [1.807, 2.05) is 4.90 Å². The van der Waals surface area contributed by atoms with Crippen LogP contribution in [0.15, 0.2) is 4.42 Å².